The lowest BCUT2D eigenvalue weighted by Gasteiger charge is -2.25. The van der Waals surface area contributed by atoms with Crippen LogP contribution in [-0.2, 0) is 9.53 Å². The van der Waals surface area contributed by atoms with Crippen molar-refractivity contribution in [1.29, 1.82) is 0 Å². The summed E-state index contributed by atoms with van der Waals surface area (Å²) in [5.74, 6) is 0.877. The lowest BCUT2D eigenvalue weighted by atomic mass is 9.89. The monoisotopic (exact) mass is 412 g/mol. The minimum absolute atomic E-state index is 0.0824. The minimum Gasteiger partial charge on any atom is -0.462 e. The molecule has 0 saturated heterocycles. The predicted octanol–water partition coefficient (Wildman–Crippen LogP) is 5.88. The summed E-state index contributed by atoms with van der Waals surface area (Å²) in [5.41, 5.74) is 3.50. The lowest BCUT2D eigenvalue weighted by molar-refractivity contribution is -0.147. The third-order valence-corrected chi connectivity index (χ3v) is 7.14. The molecule has 0 amide bonds. The Morgan fingerprint density at radius 1 is 1.18 bits per heavy atom. The van der Waals surface area contributed by atoms with E-state index in [0.29, 0.717) is 0 Å². The number of esters is 1. The second kappa shape index (κ2) is 8.62. The molecule has 0 spiro atoms. The summed E-state index contributed by atoms with van der Waals surface area (Å²) in [5, 5.41) is 3.99. The van der Waals surface area contributed by atoms with Gasteiger partial charge in [0.25, 0.3) is 0 Å². The second-order valence-electron chi connectivity index (χ2n) is 7.53. The molecule has 1 aliphatic rings. The van der Waals surface area contributed by atoms with Gasteiger partial charge in [0.15, 0.2) is 0 Å². The van der Waals surface area contributed by atoms with Crippen molar-refractivity contribution >= 4 is 39.3 Å². The minimum atomic E-state index is -0.150. The van der Waals surface area contributed by atoms with Gasteiger partial charge in [-0.2, -0.15) is 0 Å². The molecule has 2 aromatic heterocycles. The van der Waals surface area contributed by atoms with Crippen LogP contribution < -0.4 is 0 Å². The highest BCUT2D eigenvalue weighted by Crippen LogP contribution is 2.38. The van der Waals surface area contributed by atoms with E-state index >= 15 is 0 Å². The highest BCUT2D eigenvalue weighted by Gasteiger charge is 2.22. The number of aryl methyl sites for hydroxylation is 1. The van der Waals surface area contributed by atoms with Crippen LogP contribution in [0.2, 0.25) is 0 Å². The van der Waals surface area contributed by atoms with Crippen LogP contribution in [-0.4, -0.2) is 27.8 Å². The van der Waals surface area contributed by atoms with Crippen LogP contribution in [0.15, 0.2) is 41.0 Å². The number of hydrogen-bond donors (Lipinski definition) is 0. The molecule has 4 nitrogen and oxygen atoms in total. The highest BCUT2D eigenvalue weighted by molar-refractivity contribution is 8.00. The van der Waals surface area contributed by atoms with Gasteiger partial charge in [0.05, 0.1) is 11.1 Å². The van der Waals surface area contributed by atoms with Crippen LogP contribution in [0, 0.1) is 12.8 Å². The summed E-state index contributed by atoms with van der Waals surface area (Å²) < 4.78 is 5.68. The molecule has 0 N–H and O–H groups in total. The second-order valence-corrected chi connectivity index (χ2v) is 9.36. The van der Waals surface area contributed by atoms with E-state index in [1.807, 2.05) is 0 Å². The maximum absolute atomic E-state index is 12.3. The number of thioether (sulfide) groups is 1. The highest BCUT2D eigenvalue weighted by atomic mass is 32.2. The van der Waals surface area contributed by atoms with E-state index < -0.39 is 0 Å². The van der Waals surface area contributed by atoms with Crippen LogP contribution in [0.25, 0.3) is 21.3 Å². The molecule has 0 aliphatic heterocycles. The summed E-state index contributed by atoms with van der Waals surface area (Å²) in [6.07, 6.45) is 5.92. The van der Waals surface area contributed by atoms with E-state index in [-0.39, 0.29) is 17.8 Å². The lowest BCUT2D eigenvalue weighted by Crippen LogP contribution is -2.24. The smallest absolute Gasteiger partial charge is 0.316 e. The molecule has 1 aromatic carbocycles. The Hall–Kier alpha value is -1.92. The molecule has 6 heteroatoms. The number of fused-ring (bicyclic) bond motifs is 1. The van der Waals surface area contributed by atoms with Gasteiger partial charge in [0.2, 0.25) is 0 Å². The van der Waals surface area contributed by atoms with Crippen LogP contribution in [0.1, 0.15) is 38.2 Å². The number of carbonyl (C=O) groups is 1. The fourth-order valence-electron chi connectivity index (χ4n) is 3.60. The van der Waals surface area contributed by atoms with Crippen LogP contribution in [0.3, 0.4) is 0 Å². The first-order chi connectivity index (χ1) is 13.6. The number of carbonyl (C=O) groups excluding carboxylic acids is 1. The van der Waals surface area contributed by atoms with Gasteiger partial charge in [-0.1, -0.05) is 48.5 Å². The molecule has 0 unspecified atom stereocenters. The number of nitrogens with zero attached hydrogens (tertiary/aromatic N) is 2. The predicted molar refractivity (Wildman–Crippen MR) is 116 cm³/mol. The maximum Gasteiger partial charge on any atom is 0.316 e. The first kappa shape index (κ1) is 19.4. The SMILES string of the molecule is Cc1ccc(-c2csc3ncnc(SCC(=O)OC4CCC(C)CC4)c23)cc1. The van der Waals surface area contributed by atoms with Gasteiger partial charge in [-0.25, -0.2) is 9.97 Å². The molecule has 0 radical (unpaired) electrons. The van der Waals surface area contributed by atoms with E-state index in [2.05, 4.69) is 53.5 Å². The van der Waals surface area contributed by atoms with Gasteiger partial charge in [0, 0.05) is 10.9 Å². The van der Waals surface area contributed by atoms with Gasteiger partial charge in [0.1, 0.15) is 22.3 Å². The van der Waals surface area contributed by atoms with Gasteiger partial charge in [-0.15, -0.1) is 11.3 Å². The van der Waals surface area contributed by atoms with Gasteiger partial charge in [-0.3, -0.25) is 4.79 Å². The van der Waals surface area contributed by atoms with E-state index in [1.54, 1.807) is 17.7 Å². The number of thiophene rings is 1. The molecule has 0 bridgehead atoms. The Morgan fingerprint density at radius 3 is 2.68 bits per heavy atom. The summed E-state index contributed by atoms with van der Waals surface area (Å²) >= 11 is 3.05. The summed E-state index contributed by atoms with van der Waals surface area (Å²) in [6, 6.07) is 8.46. The number of ether oxygens (including phenoxy) is 1. The van der Waals surface area contributed by atoms with Gasteiger partial charge < -0.3 is 4.74 Å². The first-order valence-electron chi connectivity index (χ1n) is 9.71. The fraction of sp³-hybridized carbons (Fsp3) is 0.409. The molecule has 28 heavy (non-hydrogen) atoms. The molecule has 146 valence electrons. The van der Waals surface area contributed by atoms with Crippen LogP contribution in [0.5, 0.6) is 0 Å². The van der Waals surface area contributed by atoms with Crippen molar-refractivity contribution in [2.24, 2.45) is 5.92 Å². The van der Waals surface area contributed by atoms with E-state index in [1.165, 1.54) is 17.3 Å². The van der Waals surface area contributed by atoms with E-state index in [4.69, 9.17) is 4.74 Å². The molecule has 3 aromatic rings. The molecule has 1 aliphatic carbocycles. The Balaban J connectivity index is 1.48. The average Bonchev–Trinajstić information content (AvgIpc) is 3.13. The van der Waals surface area contributed by atoms with E-state index in [0.717, 1.165) is 58.0 Å². The molecular formula is C22H24N2O2S2. The number of rotatable bonds is 5. The van der Waals surface area contributed by atoms with Crippen molar-refractivity contribution in [2.75, 3.05) is 5.75 Å². The van der Waals surface area contributed by atoms with Crippen molar-refractivity contribution in [2.45, 2.75) is 50.7 Å². The zero-order valence-corrected chi connectivity index (χ0v) is 17.8. The van der Waals surface area contributed by atoms with Gasteiger partial charge in [-0.05, 0) is 44.1 Å². The largest absolute Gasteiger partial charge is 0.462 e. The topological polar surface area (TPSA) is 52.1 Å². The third kappa shape index (κ3) is 4.39. The normalized spacial score (nSPS) is 19.6. The standard InChI is InChI=1S/C22H24N2O2S2/c1-14-3-7-16(8-4-14)18-11-27-21-20(18)22(24-13-23-21)28-12-19(25)26-17-9-5-15(2)6-10-17/h3-4,7-8,11,13,15,17H,5-6,9-10,12H2,1-2H3. The number of benzene rings is 1. The first-order valence-corrected chi connectivity index (χ1v) is 11.6. The molecular weight excluding hydrogens is 388 g/mol. The Morgan fingerprint density at radius 2 is 1.93 bits per heavy atom. The van der Waals surface area contributed by atoms with Crippen LogP contribution >= 0.6 is 23.1 Å². The molecule has 0 atom stereocenters. The maximum atomic E-state index is 12.3. The zero-order valence-electron chi connectivity index (χ0n) is 16.2. The summed E-state index contributed by atoms with van der Waals surface area (Å²) in [6.45, 7) is 4.35. The van der Waals surface area contributed by atoms with Crippen LogP contribution in [0.4, 0.5) is 0 Å². The van der Waals surface area contributed by atoms with Crippen molar-refractivity contribution in [1.82, 2.24) is 9.97 Å². The zero-order chi connectivity index (χ0) is 19.5. The number of aromatic nitrogens is 2. The van der Waals surface area contributed by atoms with Crippen molar-refractivity contribution in [3.63, 3.8) is 0 Å². The summed E-state index contributed by atoms with van der Waals surface area (Å²) in [7, 11) is 0. The van der Waals surface area contributed by atoms with Crippen molar-refractivity contribution in [3.8, 4) is 11.1 Å². The molecule has 1 fully saturated rings. The quantitative estimate of drug-likeness (QED) is 0.297. The van der Waals surface area contributed by atoms with E-state index in [9.17, 15) is 4.79 Å². The Labute approximate surface area is 173 Å². The molecule has 1 saturated carbocycles. The Kier molecular flexibility index (Phi) is 5.97. The average molecular weight is 413 g/mol. The van der Waals surface area contributed by atoms with Gasteiger partial charge >= 0.3 is 5.97 Å². The summed E-state index contributed by atoms with van der Waals surface area (Å²) in [4.78, 5) is 22.2. The fourth-order valence-corrected chi connectivity index (χ4v) is 5.37. The molecule has 2 heterocycles. The third-order valence-electron chi connectivity index (χ3n) is 5.29. The number of hydrogen-bond acceptors (Lipinski definition) is 6. The Bertz CT molecular complexity index is 960. The van der Waals surface area contributed by atoms with Crippen molar-refractivity contribution in [3.05, 3.63) is 41.5 Å². The molecule has 4 rings (SSSR count). The van der Waals surface area contributed by atoms with Crippen molar-refractivity contribution < 1.29 is 9.53 Å².